The van der Waals surface area contributed by atoms with Crippen LogP contribution >= 0.6 is 0 Å². The van der Waals surface area contributed by atoms with Gasteiger partial charge >= 0.3 is 0 Å². The van der Waals surface area contributed by atoms with Crippen LogP contribution in [0.1, 0.15) is 30.7 Å². The van der Waals surface area contributed by atoms with Crippen molar-refractivity contribution in [3.05, 3.63) is 64.1 Å². The smallest absolute Gasteiger partial charge is 0.297 e. The number of fused-ring (bicyclic) bond motifs is 1. The number of anilines is 1. The molecule has 0 aliphatic heterocycles. The number of rotatable bonds is 7. The van der Waals surface area contributed by atoms with Crippen LogP contribution in [-0.4, -0.2) is 35.1 Å². The molecule has 0 radical (unpaired) electrons. The maximum Gasteiger partial charge on any atom is 0.297 e. The van der Waals surface area contributed by atoms with E-state index in [4.69, 9.17) is 14.0 Å². The third-order valence-corrected chi connectivity index (χ3v) is 5.68. The third-order valence-electron chi connectivity index (χ3n) is 5.68. The Morgan fingerprint density at radius 2 is 1.85 bits per heavy atom. The minimum atomic E-state index is -0.879. The van der Waals surface area contributed by atoms with Gasteiger partial charge in [-0.05, 0) is 62.2 Å². The lowest BCUT2D eigenvalue weighted by Crippen LogP contribution is -2.35. The molecule has 4 aromatic rings. The van der Waals surface area contributed by atoms with E-state index in [0.29, 0.717) is 40.4 Å². The fourth-order valence-corrected chi connectivity index (χ4v) is 3.88. The second kappa shape index (κ2) is 9.38. The molecular formula is C25H26N4O5. The topological polar surface area (TPSA) is 108 Å². The number of ether oxygens (including phenoxy) is 2. The van der Waals surface area contributed by atoms with Gasteiger partial charge in [0.05, 0.1) is 25.3 Å². The first kappa shape index (κ1) is 23.0. The molecule has 1 N–H and O–H groups in total. The molecule has 1 atom stereocenters. The van der Waals surface area contributed by atoms with Crippen LogP contribution in [0.25, 0.3) is 22.2 Å². The Morgan fingerprint density at radius 3 is 2.50 bits per heavy atom. The first-order valence-electron chi connectivity index (χ1n) is 10.9. The van der Waals surface area contributed by atoms with Crippen LogP contribution in [-0.2, 0) is 4.79 Å². The van der Waals surface area contributed by atoms with Gasteiger partial charge in [-0.2, -0.15) is 5.10 Å². The average Bonchev–Trinajstić information content (AvgIpc) is 3.23. The fraction of sp³-hybridized carbons (Fsp3) is 0.280. The van der Waals surface area contributed by atoms with Crippen molar-refractivity contribution in [1.29, 1.82) is 0 Å². The number of nitrogens with zero attached hydrogens (tertiary/aromatic N) is 3. The van der Waals surface area contributed by atoms with Crippen molar-refractivity contribution in [2.75, 3.05) is 19.5 Å². The van der Waals surface area contributed by atoms with Gasteiger partial charge < -0.3 is 19.3 Å². The van der Waals surface area contributed by atoms with E-state index in [-0.39, 0.29) is 11.4 Å². The number of benzene rings is 2. The SMILES string of the molecule is CC[C@H](C(=O)Nc1cc(C)ccc1OC)n1nc(-c2ccc(OC)cc2)c2c(C)onc2c1=O. The minimum absolute atomic E-state index is 0.123. The van der Waals surface area contributed by atoms with Gasteiger partial charge in [0.15, 0.2) is 5.52 Å². The predicted molar refractivity (Wildman–Crippen MR) is 128 cm³/mol. The van der Waals surface area contributed by atoms with Crippen LogP contribution in [0.4, 0.5) is 5.69 Å². The van der Waals surface area contributed by atoms with Crippen molar-refractivity contribution in [1.82, 2.24) is 14.9 Å². The molecule has 0 aliphatic carbocycles. The summed E-state index contributed by atoms with van der Waals surface area (Å²) in [5.74, 6) is 1.30. The van der Waals surface area contributed by atoms with Crippen molar-refractivity contribution in [3.63, 3.8) is 0 Å². The first-order valence-corrected chi connectivity index (χ1v) is 10.9. The average molecular weight is 463 g/mol. The summed E-state index contributed by atoms with van der Waals surface area (Å²) >= 11 is 0. The van der Waals surface area contributed by atoms with E-state index >= 15 is 0 Å². The molecule has 0 bridgehead atoms. The van der Waals surface area contributed by atoms with E-state index in [9.17, 15) is 9.59 Å². The highest BCUT2D eigenvalue weighted by atomic mass is 16.5. The number of hydrogen-bond donors (Lipinski definition) is 1. The van der Waals surface area contributed by atoms with Crippen molar-refractivity contribution in [3.8, 4) is 22.8 Å². The van der Waals surface area contributed by atoms with Crippen molar-refractivity contribution in [2.24, 2.45) is 0 Å². The summed E-state index contributed by atoms with van der Waals surface area (Å²) in [6, 6.07) is 11.9. The second-order valence-electron chi connectivity index (χ2n) is 7.91. The van der Waals surface area contributed by atoms with Gasteiger partial charge in [0, 0.05) is 5.56 Å². The number of aromatic nitrogens is 3. The molecule has 0 saturated carbocycles. The van der Waals surface area contributed by atoms with E-state index in [1.54, 1.807) is 32.2 Å². The van der Waals surface area contributed by atoms with E-state index in [1.807, 2.05) is 38.1 Å². The number of carbonyl (C=O) groups excluding carboxylic acids is 1. The zero-order valence-electron chi connectivity index (χ0n) is 19.7. The largest absolute Gasteiger partial charge is 0.497 e. The van der Waals surface area contributed by atoms with Gasteiger partial charge in [0.2, 0.25) is 5.91 Å². The molecule has 9 heteroatoms. The van der Waals surface area contributed by atoms with E-state index in [1.165, 1.54) is 11.8 Å². The summed E-state index contributed by atoms with van der Waals surface area (Å²) in [6.07, 6.45) is 0.331. The van der Waals surface area contributed by atoms with Crippen molar-refractivity contribution >= 4 is 22.5 Å². The number of methoxy groups -OCH3 is 2. The van der Waals surface area contributed by atoms with Gasteiger partial charge in [0.1, 0.15) is 29.0 Å². The van der Waals surface area contributed by atoms with Crippen LogP contribution < -0.4 is 20.3 Å². The van der Waals surface area contributed by atoms with Crippen LogP contribution in [0, 0.1) is 13.8 Å². The molecule has 1 amide bonds. The number of nitrogens with one attached hydrogen (secondary N) is 1. The third kappa shape index (κ3) is 4.12. The summed E-state index contributed by atoms with van der Waals surface area (Å²) < 4.78 is 17.1. The molecule has 0 aliphatic rings. The summed E-state index contributed by atoms with van der Waals surface area (Å²) in [6.45, 7) is 5.46. The Bertz CT molecular complexity index is 1410. The van der Waals surface area contributed by atoms with E-state index < -0.39 is 11.6 Å². The number of amides is 1. The molecule has 2 aromatic carbocycles. The number of carbonyl (C=O) groups is 1. The quantitative estimate of drug-likeness (QED) is 0.437. The molecule has 0 saturated heterocycles. The zero-order valence-corrected chi connectivity index (χ0v) is 19.7. The van der Waals surface area contributed by atoms with Crippen LogP contribution in [0.5, 0.6) is 11.5 Å². The first-order chi connectivity index (χ1) is 16.4. The highest BCUT2D eigenvalue weighted by Gasteiger charge is 2.27. The summed E-state index contributed by atoms with van der Waals surface area (Å²) in [5, 5.41) is 12.0. The normalized spacial score (nSPS) is 11.9. The number of hydrogen-bond acceptors (Lipinski definition) is 7. The van der Waals surface area contributed by atoms with Crippen molar-refractivity contribution in [2.45, 2.75) is 33.2 Å². The zero-order chi connectivity index (χ0) is 24.4. The molecule has 2 aromatic heterocycles. The van der Waals surface area contributed by atoms with Gasteiger partial charge in [-0.1, -0.05) is 18.1 Å². The van der Waals surface area contributed by atoms with Gasteiger partial charge in [-0.15, -0.1) is 0 Å². The standard InChI is InChI=1S/C25H26N4O5/c1-6-19(24(30)26-18-13-14(2)7-12-20(18)33-5)29-25(31)23-21(15(3)34-28-23)22(27-29)16-8-10-17(32-4)11-9-16/h7-13,19H,6H2,1-5H3,(H,26,30)/t19-/m1/s1. The lowest BCUT2D eigenvalue weighted by Gasteiger charge is -2.19. The second-order valence-corrected chi connectivity index (χ2v) is 7.91. The Hall–Kier alpha value is -4.14. The Kier molecular flexibility index (Phi) is 6.36. The molecule has 2 heterocycles. The maximum atomic E-state index is 13.3. The number of aryl methyl sites for hydroxylation is 2. The monoisotopic (exact) mass is 462 g/mol. The molecule has 176 valence electrons. The minimum Gasteiger partial charge on any atom is -0.497 e. The van der Waals surface area contributed by atoms with Gasteiger partial charge in [-0.3, -0.25) is 9.59 Å². The fourth-order valence-electron chi connectivity index (χ4n) is 3.88. The summed E-state index contributed by atoms with van der Waals surface area (Å²) in [7, 11) is 3.12. The predicted octanol–water partition coefficient (Wildman–Crippen LogP) is 4.28. The van der Waals surface area contributed by atoms with E-state index in [2.05, 4.69) is 15.6 Å². The lowest BCUT2D eigenvalue weighted by atomic mass is 10.1. The molecule has 34 heavy (non-hydrogen) atoms. The Morgan fingerprint density at radius 1 is 1.12 bits per heavy atom. The maximum absolute atomic E-state index is 13.3. The summed E-state index contributed by atoms with van der Waals surface area (Å²) in [5.41, 5.74) is 2.34. The molecule has 0 fully saturated rings. The van der Waals surface area contributed by atoms with Crippen LogP contribution in [0.2, 0.25) is 0 Å². The van der Waals surface area contributed by atoms with Crippen LogP contribution in [0.15, 0.2) is 51.8 Å². The van der Waals surface area contributed by atoms with Gasteiger partial charge in [0.25, 0.3) is 5.56 Å². The van der Waals surface area contributed by atoms with Crippen LogP contribution in [0.3, 0.4) is 0 Å². The van der Waals surface area contributed by atoms with Crippen molar-refractivity contribution < 1.29 is 18.8 Å². The lowest BCUT2D eigenvalue weighted by molar-refractivity contribution is -0.119. The highest BCUT2D eigenvalue weighted by Crippen LogP contribution is 2.30. The molecule has 0 unspecified atom stereocenters. The highest BCUT2D eigenvalue weighted by molar-refractivity contribution is 5.96. The molecular weight excluding hydrogens is 436 g/mol. The van der Waals surface area contributed by atoms with Gasteiger partial charge in [-0.25, -0.2) is 4.68 Å². The van der Waals surface area contributed by atoms with E-state index in [0.717, 1.165) is 11.1 Å². The Labute approximate surface area is 196 Å². The summed E-state index contributed by atoms with van der Waals surface area (Å²) in [4.78, 5) is 26.6. The molecule has 0 spiro atoms. The molecule has 9 nitrogen and oxygen atoms in total. The Balaban J connectivity index is 1.82. The molecule has 4 rings (SSSR count).